The van der Waals surface area contributed by atoms with Gasteiger partial charge in [-0.2, -0.15) is 0 Å². The van der Waals surface area contributed by atoms with Gasteiger partial charge in [-0.05, 0) is 30.5 Å². The highest BCUT2D eigenvalue weighted by molar-refractivity contribution is 8.00. The third-order valence-corrected chi connectivity index (χ3v) is 7.23. The predicted molar refractivity (Wildman–Crippen MR) is 118 cm³/mol. The highest BCUT2D eigenvalue weighted by atomic mass is 32.2. The smallest absolute Gasteiger partial charge is 0.270 e. The first-order valence-electron chi connectivity index (χ1n) is 10.5. The molecule has 0 spiro atoms. The van der Waals surface area contributed by atoms with E-state index in [0.717, 1.165) is 42.6 Å². The maximum Gasteiger partial charge on any atom is 0.270 e. The van der Waals surface area contributed by atoms with E-state index in [1.165, 1.54) is 24.6 Å². The third kappa shape index (κ3) is 4.16. The zero-order valence-electron chi connectivity index (χ0n) is 17.5. The first-order chi connectivity index (χ1) is 14.6. The molecule has 2 N–H and O–H groups in total. The van der Waals surface area contributed by atoms with Crippen molar-refractivity contribution in [1.82, 2.24) is 9.78 Å². The number of carbonyl (C=O) groups excluding carboxylic acids is 1. The van der Waals surface area contributed by atoms with Crippen LogP contribution >= 0.6 is 11.8 Å². The van der Waals surface area contributed by atoms with Gasteiger partial charge >= 0.3 is 0 Å². The molecule has 1 atom stereocenters. The van der Waals surface area contributed by atoms with Gasteiger partial charge in [-0.25, -0.2) is 0 Å². The molecule has 0 radical (unpaired) electrons. The van der Waals surface area contributed by atoms with E-state index >= 15 is 0 Å². The van der Waals surface area contributed by atoms with Crippen molar-refractivity contribution >= 4 is 23.5 Å². The Bertz CT molecular complexity index is 960. The highest BCUT2D eigenvalue weighted by Crippen LogP contribution is 2.42. The number of hydrogen-bond acceptors (Lipinski definition) is 5. The summed E-state index contributed by atoms with van der Waals surface area (Å²) >= 11 is 1.48. The molecule has 1 amide bonds. The van der Waals surface area contributed by atoms with Gasteiger partial charge in [-0.1, -0.05) is 31.7 Å². The van der Waals surface area contributed by atoms with E-state index in [1.807, 2.05) is 22.9 Å². The minimum Gasteiger partial charge on any atom is -0.496 e. The molecule has 8 heteroatoms. The number of thioether (sulfide) groups is 1. The van der Waals surface area contributed by atoms with E-state index in [-0.39, 0.29) is 22.8 Å². The highest BCUT2D eigenvalue weighted by Gasteiger charge is 2.32. The van der Waals surface area contributed by atoms with Crippen LogP contribution in [0.15, 0.2) is 23.0 Å². The number of carbonyl (C=O) groups is 1. The van der Waals surface area contributed by atoms with Crippen molar-refractivity contribution in [3.05, 3.63) is 45.2 Å². The lowest BCUT2D eigenvalue weighted by atomic mass is 10.0. The Hall–Kier alpha value is -2.19. The Morgan fingerprint density at radius 1 is 1.13 bits per heavy atom. The van der Waals surface area contributed by atoms with Crippen LogP contribution in [0.25, 0.3) is 0 Å². The molecular weight excluding hydrogens is 402 g/mol. The van der Waals surface area contributed by atoms with E-state index in [0.29, 0.717) is 23.7 Å². The summed E-state index contributed by atoms with van der Waals surface area (Å²) in [6.45, 7) is 0.415. The number of rotatable bonds is 5. The van der Waals surface area contributed by atoms with Crippen LogP contribution < -0.4 is 15.6 Å². The molecule has 0 bridgehead atoms. The van der Waals surface area contributed by atoms with Crippen molar-refractivity contribution in [3.63, 3.8) is 0 Å². The van der Waals surface area contributed by atoms with Crippen molar-refractivity contribution in [1.29, 1.82) is 0 Å². The summed E-state index contributed by atoms with van der Waals surface area (Å²) < 4.78 is 12.7. The quantitative estimate of drug-likeness (QED) is 0.699. The SMILES string of the molecule is COCc1cc(C2SCC(=O)Nc3c2c(=O)[nH]n3C2CCCCCC2)ccc1OC. The monoisotopic (exact) mass is 431 g/mol. The van der Waals surface area contributed by atoms with Gasteiger partial charge in [0.2, 0.25) is 5.91 Å². The molecule has 1 aromatic carbocycles. The molecule has 7 nitrogen and oxygen atoms in total. The largest absolute Gasteiger partial charge is 0.496 e. The number of aromatic nitrogens is 2. The number of benzene rings is 1. The predicted octanol–water partition coefficient (Wildman–Crippen LogP) is 4.00. The minimum atomic E-state index is -0.240. The Morgan fingerprint density at radius 3 is 2.60 bits per heavy atom. The average Bonchev–Trinajstić information content (AvgIpc) is 2.94. The second-order valence-electron chi connectivity index (χ2n) is 7.96. The van der Waals surface area contributed by atoms with Crippen molar-refractivity contribution in [2.75, 3.05) is 25.3 Å². The normalized spacial score (nSPS) is 20.2. The van der Waals surface area contributed by atoms with E-state index in [9.17, 15) is 9.59 Å². The Morgan fingerprint density at radius 2 is 1.90 bits per heavy atom. The first kappa shape index (κ1) is 21.1. The number of ether oxygens (including phenoxy) is 2. The number of methoxy groups -OCH3 is 2. The van der Waals surface area contributed by atoms with Crippen molar-refractivity contribution in [2.24, 2.45) is 0 Å². The van der Waals surface area contributed by atoms with E-state index in [1.54, 1.807) is 14.2 Å². The van der Waals surface area contributed by atoms with Crippen LogP contribution in [0.3, 0.4) is 0 Å². The van der Waals surface area contributed by atoms with Crippen LogP contribution in [0.5, 0.6) is 5.75 Å². The summed E-state index contributed by atoms with van der Waals surface area (Å²) in [7, 11) is 3.28. The Labute approximate surface area is 180 Å². The van der Waals surface area contributed by atoms with Crippen molar-refractivity contribution in [2.45, 2.75) is 56.4 Å². The second kappa shape index (κ2) is 9.31. The fourth-order valence-corrected chi connectivity index (χ4v) is 5.64. The lowest BCUT2D eigenvalue weighted by Gasteiger charge is -2.20. The van der Waals surface area contributed by atoms with Crippen LogP contribution in [-0.2, 0) is 16.1 Å². The van der Waals surface area contributed by atoms with Crippen molar-refractivity contribution < 1.29 is 14.3 Å². The van der Waals surface area contributed by atoms with Crippen LogP contribution in [0.1, 0.15) is 66.5 Å². The summed E-state index contributed by atoms with van der Waals surface area (Å²) in [5.74, 6) is 1.61. The molecule has 2 aromatic rings. The van der Waals surface area contributed by atoms with Crippen LogP contribution in [0.4, 0.5) is 5.82 Å². The van der Waals surface area contributed by atoms with Crippen molar-refractivity contribution in [3.8, 4) is 5.75 Å². The number of nitrogens with zero attached hydrogens (tertiary/aromatic N) is 1. The van der Waals surface area contributed by atoms with Gasteiger partial charge in [0.05, 0.1) is 36.3 Å². The lowest BCUT2D eigenvalue weighted by molar-refractivity contribution is -0.113. The molecule has 1 fully saturated rings. The van der Waals surface area contributed by atoms with Gasteiger partial charge in [0, 0.05) is 12.7 Å². The number of nitrogens with one attached hydrogen (secondary N) is 2. The number of fused-ring (bicyclic) bond motifs is 1. The zero-order chi connectivity index (χ0) is 21.1. The second-order valence-corrected chi connectivity index (χ2v) is 9.06. The number of hydrogen-bond donors (Lipinski definition) is 2. The van der Waals surface area contributed by atoms with Crippen LogP contribution in [0, 0.1) is 0 Å². The summed E-state index contributed by atoms with van der Waals surface area (Å²) in [4.78, 5) is 25.6. The van der Waals surface area contributed by atoms with Gasteiger partial charge in [0.1, 0.15) is 11.6 Å². The van der Waals surface area contributed by atoms with Gasteiger partial charge in [-0.15, -0.1) is 11.8 Å². The fraction of sp³-hybridized carbons (Fsp3) is 0.545. The molecule has 4 rings (SSSR count). The van der Waals surface area contributed by atoms with Gasteiger partial charge < -0.3 is 14.8 Å². The Balaban J connectivity index is 1.78. The summed E-state index contributed by atoms with van der Waals surface area (Å²) in [5.41, 5.74) is 2.39. The molecule has 1 unspecified atom stereocenters. The first-order valence-corrected chi connectivity index (χ1v) is 11.6. The fourth-order valence-electron chi connectivity index (χ4n) is 4.53. The van der Waals surface area contributed by atoms with Crippen LogP contribution in [-0.4, -0.2) is 35.7 Å². The molecule has 0 saturated heterocycles. The number of amides is 1. The molecule has 2 heterocycles. The topological polar surface area (TPSA) is 85.4 Å². The number of aromatic amines is 1. The van der Waals surface area contributed by atoms with E-state index < -0.39 is 0 Å². The molecule has 162 valence electrons. The molecule has 1 saturated carbocycles. The summed E-state index contributed by atoms with van der Waals surface area (Å²) in [6, 6.07) is 6.10. The average molecular weight is 432 g/mol. The third-order valence-electron chi connectivity index (χ3n) is 5.96. The number of H-pyrrole nitrogens is 1. The molecule has 1 aliphatic carbocycles. The molecule has 1 aliphatic heterocycles. The zero-order valence-corrected chi connectivity index (χ0v) is 18.3. The van der Waals surface area contributed by atoms with Crippen LogP contribution in [0.2, 0.25) is 0 Å². The molecule has 30 heavy (non-hydrogen) atoms. The Kier molecular flexibility index (Phi) is 6.53. The van der Waals surface area contributed by atoms with E-state index in [4.69, 9.17) is 9.47 Å². The molecule has 2 aliphatic rings. The maximum atomic E-state index is 13.1. The van der Waals surface area contributed by atoms with E-state index in [2.05, 4.69) is 10.4 Å². The van der Waals surface area contributed by atoms with Gasteiger partial charge in [-0.3, -0.25) is 19.4 Å². The number of anilines is 1. The lowest BCUT2D eigenvalue weighted by Crippen LogP contribution is -2.19. The van der Waals surface area contributed by atoms with Gasteiger partial charge in [0.25, 0.3) is 5.56 Å². The molecule has 1 aromatic heterocycles. The maximum absolute atomic E-state index is 13.1. The molecular formula is C22H29N3O4S. The standard InChI is InChI=1S/C22H29N3O4S/c1-28-12-15-11-14(9-10-17(15)29-2)20-19-21(23-18(26)13-30-20)25(24-22(19)27)16-7-5-3-4-6-8-16/h9-11,16,20H,3-8,12-13H2,1-2H3,(H,23,26)(H,24,27). The summed E-state index contributed by atoms with van der Waals surface area (Å²) in [6.07, 6.45) is 6.78. The minimum absolute atomic E-state index is 0.0734. The summed E-state index contributed by atoms with van der Waals surface area (Å²) in [5, 5.41) is 5.82. The van der Waals surface area contributed by atoms with Gasteiger partial charge in [0.15, 0.2) is 0 Å².